The summed E-state index contributed by atoms with van der Waals surface area (Å²) in [5, 5.41) is 11.0. The first kappa shape index (κ1) is 12.3. The van der Waals surface area contributed by atoms with Crippen LogP contribution in [0.4, 0.5) is 0 Å². The summed E-state index contributed by atoms with van der Waals surface area (Å²) in [4.78, 5) is 11.6. The summed E-state index contributed by atoms with van der Waals surface area (Å²) in [5.74, 6) is 0.348. The van der Waals surface area contributed by atoms with Gasteiger partial charge >= 0.3 is 0 Å². The third kappa shape index (κ3) is 3.39. The van der Waals surface area contributed by atoms with Gasteiger partial charge in [-0.1, -0.05) is 26.0 Å². The van der Waals surface area contributed by atoms with Crippen LogP contribution in [0.2, 0.25) is 0 Å². The van der Waals surface area contributed by atoms with E-state index in [0.29, 0.717) is 24.4 Å². The van der Waals surface area contributed by atoms with E-state index < -0.39 is 0 Å². The summed E-state index contributed by atoms with van der Waals surface area (Å²) in [7, 11) is 0. The van der Waals surface area contributed by atoms with Crippen LogP contribution >= 0.6 is 0 Å². The molecule has 1 N–H and O–H groups in total. The van der Waals surface area contributed by atoms with E-state index in [9.17, 15) is 4.79 Å². The summed E-state index contributed by atoms with van der Waals surface area (Å²) in [6.45, 7) is 4.63. The topological polar surface area (TPSA) is 52.9 Å². The highest BCUT2D eigenvalue weighted by Crippen LogP contribution is 2.14. The largest absolute Gasteiger partial charge is 0.351 e. The van der Waals surface area contributed by atoms with Crippen LogP contribution in [0, 0.1) is 11.3 Å². The Balaban J connectivity index is 2.60. The second kappa shape index (κ2) is 5.92. The molecule has 3 nitrogen and oxygen atoms in total. The molecule has 0 saturated carbocycles. The molecule has 0 saturated heterocycles. The molecule has 0 bridgehead atoms. The molecule has 0 spiro atoms. The van der Waals surface area contributed by atoms with Gasteiger partial charge in [0.1, 0.15) is 0 Å². The Hall–Kier alpha value is -1.82. The van der Waals surface area contributed by atoms with Crippen molar-refractivity contribution >= 4 is 5.91 Å². The lowest BCUT2D eigenvalue weighted by molar-refractivity contribution is 0.0954. The molecule has 0 aliphatic carbocycles. The molecule has 0 unspecified atom stereocenters. The zero-order valence-corrected chi connectivity index (χ0v) is 9.66. The molecule has 0 aromatic heterocycles. The maximum atomic E-state index is 11.6. The number of benzene rings is 1. The van der Waals surface area contributed by atoms with E-state index in [-0.39, 0.29) is 5.91 Å². The summed E-state index contributed by atoms with van der Waals surface area (Å²) in [5.41, 5.74) is 1.86. The normalized spacial score (nSPS) is 9.88. The van der Waals surface area contributed by atoms with Gasteiger partial charge in [0.2, 0.25) is 0 Å². The fourth-order valence-electron chi connectivity index (χ4n) is 1.35. The summed E-state index contributed by atoms with van der Waals surface area (Å²) in [6.07, 6.45) is 0.343. The zero-order chi connectivity index (χ0) is 12.0. The predicted molar refractivity (Wildman–Crippen MR) is 63.1 cm³/mol. The molecule has 0 aliphatic heterocycles. The molecule has 16 heavy (non-hydrogen) atoms. The average Bonchev–Trinajstić information content (AvgIpc) is 2.29. The average molecular weight is 216 g/mol. The Morgan fingerprint density at radius 1 is 1.38 bits per heavy atom. The SMILES string of the molecule is CC(C)c1ccc(C(=O)NCCC#N)cc1. The summed E-state index contributed by atoms with van der Waals surface area (Å²) in [6, 6.07) is 9.54. The number of nitrogens with zero attached hydrogens (tertiary/aromatic N) is 1. The Kier molecular flexibility index (Phi) is 4.53. The van der Waals surface area contributed by atoms with Crippen molar-refractivity contribution in [3.05, 3.63) is 35.4 Å². The lowest BCUT2D eigenvalue weighted by Crippen LogP contribution is -2.24. The molecule has 1 rings (SSSR count). The maximum absolute atomic E-state index is 11.6. The van der Waals surface area contributed by atoms with Crippen LogP contribution < -0.4 is 5.32 Å². The maximum Gasteiger partial charge on any atom is 0.251 e. The van der Waals surface area contributed by atoms with Crippen LogP contribution in [0.1, 0.15) is 42.1 Å². The van der Waals surface area contributed by atoms with Gasteiger partial charge in [-0.3, -0.25) is 4.79 Å². The van der Waals surface area contributed by atoms with Crippen molar-refractivity contribution in [2.45, 2.75) is 26.2 Å². The van der Waals surface area contributed by atoms with Gasteiger partial charge in [0.15, 0.2) is 0 Å². The second-order valence-electron chi connectivity index (χ2n) is 3.94. The minimum atomic E-state index is -0.120. The number of carbonyl (C=O) groups excluding carboxylic acids is 1. The highest BCUT2D eigenvalue weighted by molar-refractivity contribution is 5.94. The van der Waals surface area contributed by atoms with Gasteiger partial charge in [0.05, 0.1) is 12.5 Å². The van der Waals surface area contributed by atoms with Crippen molar-refractivity contribution in [3.63, 3.8) is 0 Å². The molecule has 1 aromatic carbocycles. The number of rotatable bonds is 4. The Labute approximate surface area is 96.1 Å². The van der Waals surface area contributed by atoms with E-state index in [0.717, 1.165) is 0 Å². The van der Waals surface area contributed by atoms with E-state index >= 15 is 0 Å². The number of amides is 1. The predicted octanol–water partition coefficient (Wildman–Crippen LogP) is 2.45. The van der Waals surface area contributed by atoms with E-state index in [2.05, 4.69) is 19.2 Å². The van der Waals surface area contributed by atoms with Crippen LogP contribution in [-0.2, 0) is 0 Å². The molecule has 0 heterocycles. The molecular formula is C13H16N2O. The van der Waals surface area contributed by atoms with Gasteiger partial charge in [0, 0.05) is 12.1 Å². The quantitative estimate of drug-likeness (QED) is 0.786. The molecule has 1 amide bonds. The van der Waals surface area contributed by atoms with Crippen LogP contribution in [0.5, 0.6) is 0 Å². The number of hydrogen-bond donors (Lipinski definition) is 1. The molecule has 0 fully saturated rings. The van der Waals surface area contributed by atoms with Crippen molar-refractivity contribution in [1.82, 2.24) is 5.32 Å². The minimum Gasteiger partial charge on any atom is -0.351 e. The Morgan fingerprint density at radius 2 is 2.00 bits per heavy atom. The second-order valence-corrected chi connectivity index (χ2v) is 3.94. The number of nitriles is 1. The van der Waals surface area contributed by atoms with Gasteiger partial charge < -0.3 is 5.32 Å². The summed E-state index contributed by atoms with van der Waals surface area (Å²) >= 11 is 0. The molecule has 3 heteroatoms. The highest BCUT2D eigenvalue weighted by atomic mass is 16.1. The smallest absolute Gasteiger partial charge is 0.251 e. The molecule has 0 aliphatic rings. The van der Waals surface area contributed by atoms with Crippen molar-refractivity contribution in [2.24, 2.45) is 0 Å². The van der Waals surface area contributed by atoms with Gasteiger partial charge in [-0.05, 0) is 23.6 Å². The lowest BCUT2D eigenvalue weighted by Gasteiger charge is -2.06. The van der Waals surface area contributed by atoms with Crippen LogP contribution in [0.15, 0.2) is 24.3 Å². The first-order valence-electron chi connectivity index (χ1n) is 5.40. The van der Waals surface area contributed by atoms with E-state index in [4.69, 9.17) is 5.26 Å². The fraction of sp³-hybridized carbons (Fsp3) is 0.385. The number of nitrogens with one attached hydrogen (secondary N) is 1. The molecule has 0 radical (unpaired) electrons. The van der Waals surface area contributed by atoms with Crippen LogP contribution in [0.3, 0.4) is 0 Å². The third-order valence-corrected chi connectivity index (χ3v) is 2.36. The van der Waals surface area contributed by atoms with E-state index in [1.54, 1.807) is 0 Å². The van der Waals surface area contributed by atoms with Crippen molar-refractivity contribution in [3.8, 4) is 6.07 Å². The molecule has 1 aromatic rings. The van der Waals surface area contributed by atoms with Crippen molar-refractivity contribution in [1.29, 1.82) is 5.26 Å². The van der Waals surface area contributed by atoms with E-state index in [1.807, 2.05) is 30.3 Å². The molecule has 0 atom stereocenters. The molecular weight excluding hydrogens is 200 g/mol. The van der Waals surface area contributed by atoms with E-state index in [1.165, 1.54) is 5.56 Å². The lowest BCUT2D eigenvalue weighted by atomic mass is 10.0. The fourth-order valence-corrected chi connectivity index (χ4v) is 1.35. The van der Waals surface area contributed by atoms with Crippen LogP contribution in [0.25, 0.3) is 0 Å². The van der Waals surface area contributed by atoms with Crippen molar-refractivity contribution < 1.29 is 4.79 Å². The Morgan fingerprint density at radius 3 is 2.50 bits per heavy atom. The minimum absolute atomic E-state index is 0.120. The summed E-state index contributed by atoms with van der Waals surface area (Å²) < 4.78 is 0. The van der Waals surface area contributed by atoms with Gasteiger partial charge in [0.25, 0.3) is 5.91 Å². The number of hydrogen-bond acceptors (Lipinski definition) is 2. The van der Waals surface area contributed by atoms with Crippen LogP contribution in [-0.4, -0.2) is 12.5 Å². The molecule has 84 valence electrons. The zero-order valence-electron chi connectivity index (χ0n) is 9.66. The van der Waals surface area contributed by atoms with Gasteiger partial charge in [-0.2, -0.15) is 5.26 Å². The van der Waals surface area contributed by atoms with Gasteiger partial charge in [-0.25, -0.2) is 0 Å². The van der Waals surface area contributed by atoms with Gasteiger partial charge in [-0.15, -0.1) is 0 Å². The highest BCUT2D eigenvalue weighted by Gasteiger charge is 2.05. The first-order valence-corrected chi connectivity index (χ1v) is 5.40. The number of carbonyl (C=O) groups is 1. The third-order valence-electron chi connectivity index (χ3n) is 2.36. The standard InChI is InChI=1S/C13H16N2O/c1-10(2)11-4-6-12(7-5-11)13(16)15-9-3-8-14/h4-7,10H,3,9H2,1-2H3,(H,15,16). The monoisotopic (exact) mass is 216 g/mol. The van der Waals surface area contributed by atoms with Crippen molar-refractivity contribution in [2.75, 3.05) is 6.54 Å². The Bertz CT molecular complexity index is 387. The first-order chi connectivity index (χ1) is 7.65.